The standard InChI is InChI=1S/C14H8Br2N2OS/c15-9-3-8(4-10(16)5-9)14(19)18-11-1-2-12-13(6-11)20-7-17-12/h1-7H,(H,18,19). The first kappa shape index (κ1) is 13.7. The second-order valence-corrected chi connectivity index (χ2v) is 6.86. The highest BCUT2D eigenvalue weighted by atomic mass is 79.9. The molecule has 0 aliphatic carbocycles. The number of hydrogen-bond acceptors (Lipinski definition) is 3. The van der Waals surface area contributed by atoms with Gasteiger partial charge in [0.15, 0.2) is 0 Å². The number of amides is 1. The quantitative estimate of drug-likeness (QED) is 0.639. The van der Waals surface area contributed by atoms with Crippen molar-refractivity contribution in [3.05, 3.63) is 56.4 Å². The first-order chi connectivity index (χ1) is 9.61. The van der Waals surface area contributed by atoms with Crippen molar-refractivity contribution < 1.29 is 4.79 Å². The van der Waals surface area contributed by atoms with Gasteiger partial charge in [0.2, 0.25) is 0 Å². The van der Waals surface area contributed by atoms with Crippen molar-refractivity contribution in [3.63, 3.8) is 0 Å². The van der Waals surface area contributed by atoms with Gasteiger partial charge in [-0.25, -0.2) is 4.98 Å². The van der Waals surface area contributed by atoms with Gasteiger partial charge in [0.25, 0.3) is 5.91 Å². The van der Waals surface area contributed by atoms with Crippen LogP contribution >= 0.6 is 43.2 Å². The molecule has 0 fully saturated rings. The van der Waals surface area contributed by atoms with Gasteiger partial charge in [0, 0.05) is 20.2 Å². The summed E-state index contributed by atoms with van der Waals surface area (Å²) in [5.41, 5.74) is 4.10. The SMILES string of the molecule is O=C(Nc1ccc2ncsc2c1)c1cc(Br)cc(Br)c1. The van der Waals surface area contributed by atoms with Crippen LogP contribution in [0.4, 0.5) is 5.69 Å². The molecule has 0 aliphatic rings. The lowest BCUT2D eigenvalue weighted by Crippen LogP contribution is -2.11. The van der Waals surface area contributed by atoms with Crippen LogP contribution in [0, 0.1) is 0 Å². The van der Waals surface area contributed by atoms with Crippen LogP contribution in [0.5, 0.6) is 0 Å². The fraction of sp³-hybridized carbons (Fsp3) is 0. The lowest BCUT2D eigenvalue weighted by Gasteiger charge is -2.06. The Balaban J connectivity index is 1.87. The lowest BCUT2D eigenvalue weighted by molar-refractivity contribution is 0.102. The number of rotatable bonds is 2. The number of benzene rings is 2. The summed E-state index contributed by atoms with van der Waals surface area (Å²) in [7, 11) is 0. The zero-order valence-corrected chi connectivity index (χ0v) is 14.0. The molecule has 3 rings (SSSR count). The Morgan fingerprint density at radius 3 is 2.60 bits per heavy atom. The molecule has 0 saturated carbocycles. The van der Waals surface area contributed by atoms with Crippen molar-refractivity contribution in [3.8, 4) is 0 Å². The molecule has 0 unspecified atom stereocenters. The second-order valence-electron chi connectivity index (χ2n) is 4.15. The Morgan fingerprint density at radius 2 is 1.85 bits per heavy atom. The highest BCUT2D eigenvalue weighted by molar-refractivity contribution is 9.11. The van der Waals surface area contributed by atoms with Gasteiger partial charge in [-0.1, -0.05) is 31.9 Å². The van der Waals surface area contributed by atoms with E-state index in [4.69, 9.17) is 0 Å². The van der Waals surface area contributed by atoms with Gasteiger partial charge >= 0.3 is 0 Å². The molecule has 1 aromatic heterocycles. The third-order valence-electron chi connectivity index (χ3n) is 2.71. The van der Waals surface area contributed by atoms with Crippen LogP contribution in [0.25, 0.3) is 10.2 Å². The zero-order chi connectivity index (χ0) is 14.1. The monoisotopic (exact) mass is 410 g/mol. The van der Waals surface area contributed by atoms with Crippen molar-refractivity contribution in [1.82, 2.24) is 4.98 Å². The minimum atomic E-state index is -0.143. The smallest absolute Gasteiger partial charge is 0.255 e. The van der Waals surface area contributed by atoms with Gasteiger partial charge in [-0.3, -0.25) is 4.79 Å². The van der Waals surface area contributed by atoms with Crippen molar-refractivity contribution in [2.24, 2.45) is 0 Å². The minimum Gasteiger partial charge on any atom is -0.322 e. The minimum absolute atomic E-state index is 0.143. The summed E-state index contributed by atoms with van der Waals surface area (Å²) < 4.78 is 2.77. The van der Waals surface area contributed by atoms with Crippen LogP contribution in [0.1, 0.15) is 10.4 Å². The second kappa shape index (κ2) is 5.63. The molecule has 0 aliphatic heterocycles. The van der Waals surface area contributed by atoms with Crippen molar-refractivity contribution in [2.45, 2.75) is 0 Å². The van der Waals surface area contributed by atoms with E-state index in [0.717, 1.165) is 24.8 Å². The summed E-state index contributed by atoms with van der Waals surface area (Å²) >= 11 is 8.31. The molecule has 3 nitrogen and oxygen atoms in total. The third-order valence-corrected chi connectivity index (χ3v) is 4.42. The maximum atomic E-state index is 12.2. The van der Waals surface area contributed by atoms with Crippen molar-refractivity contribution >= 4 is 65.0 Å². The number of carbonyl (C=O) groups is 1. The summed E-state index contributed by atoms with van der Waals surface area (Å²) in [6, 6.07) is 11.1. The van der Waals surface area contributed by atoms with Gasteiger partial charge in [-0.15, -0.1) is 11.3 Å². The van der Waals surface area contributed by atoms with E-state index in [1.807, 2.05) is 24.3 Å². The average Bonchev–Trinajstić information content (AvgIpc) is 2.85. The summed E-state index contributed by atoms with van der Waals surface area (Å²) in [5.74, 6) is -0.143. The molecule has 0 atom stereocenters. The van der Waals surface area contributed by atoms with E-state index in [1.165, 1.54) is 0 Å². The van der Waals surface area contributed by atoms with Crippen molar-refractivity contribution in [2.75, 3.05) is 5.32 Å². The molecule has 0 spiro atoms. The maximum absolute atomic E-state index is 12.2. The molecule has 20 heavy (non-hydrogen) atoms. The summed E-state index contributed by atoms with van der Waals surface area (Å²) in [5, 5.41) is 2.89. The Hall–Kier alpha value is -1.24. The molecular weight excluding hydrogens is 404 g/mol. The summed E-state index contributed by atoms with van der Waals surface area (Å²) in [6.07, 6.45) is 0. The number of carbonyl (C=O) groups excluding carboxylic acids is 1. The van der Waals surface area contributed by atoms with Crippen molar-refractivity contribution in [1.29, 1.82) is 0 Å². The van der Waals surface area contributed by atoms with E-state index in [-0.39, 0.29) is 5.91 Å². The molecule has 1 amide bonds. The number of aromatic nitrogens is 1. The van der Waals surface area contributed by atoms with Gasteiger partial charge in [-0.05, 0) is 36.4 Å². The summed E-state index contributed by atoms with van der Waals surface area (Å²) in [4.78, 5) is 16.4. The van der Waals surface area contributed by atoms with E-state index in [1.54, 1.807) is 29.0 Å². The normalized spacial score (nSPS) is 10.7. The molecule has 6 heteroatoms. The van der Waals surface area contributed by atoms with Crippen LogP contribution in [0.15, 0.2) is 50.9 Å². The van der Waals surface area contributed by atoms with Gasteiger partial charge < -0.3 is 5.32 Å². The maximum Gasteiger partial charge on any atom is 0.255 e. The van der Waals surface area contributed by atoms with Gasteiger partial charge in [0.1, 0.15) is 0 Å². The fourth-order valence-electron chi connectivity index (χ4n) is 1.82. The molecule has 100 valence electrons. The van der Waals surface area contributed by atoms with E-state index in [0.29, 0.717) is 5.56 Å². The van der Waals surface area contributed by atoms with E-state index < -0.39 is 0 Å². The van der Waals surface area contributed by atoms with Crippen LogP contribution in [0.3, 0.4) is 0 Å². The molecule has 0 bridgehead atoms. The number of thiazole rings is 1. The predicted molar refractivity (Wildman–Crippen MR) is 89.4 cm³/mol. The van der Waals surface area contributed by atoms with E-state index in [9.17, 15) is 4.79 Å². The molecule has 2 aromatic carbocycles. The number of hydrogen-bond donors (Lipinski definition) is 1. The Morgan fingerprint density at radius 1 is 1.10 bits per heavy atom. The number of nitrogens with one attached hydrogen (secondary N) is 1. The highest BCUT2D eigenvalue weighted by Crippen LogP contribution is 2.24. The Bertz CT molecular complexity index is 780. The first-order valence-corrected chi connectivity index (χ1v) is 8.19. The molecule has 0 saturated heterocycles. The summed E-state index contributed by atoms with van der Waals surface area (Å²) in [6.45, 7) is 0. The zero-order valence-electron chi connectivity index (χ0n) is 10.1. The third kappa shape index (κ3) is 2.92. The largest absolute Gasteiger partial charge is 0.322 e. The molecular formula is C14H8Br2N2OS. The van der Waals surface area contributed by atoms with E-state index in [2.05, 4.69) is 42.2 Å². The van der Waals surface area contributed by atoms with Gasteiger partial charge in [-0.2, -0.15) is 0 Å². The lowest BCUT2D eigenvalue weighted by atomic mass is 10.2. The molecule has 1 N–H and O–H groups in total. The predicted octanol–water partition coefficient (Wildman–Crippen LogP) is 5.07. The van der Waals surface area contributed by atoms with Crippen LogP contribution in [0.2, 0.25) is 0 Å². The number of halogens is 2. The van der Waals surface area contributed by atoms with Crippen LogP contribution in [-0.4, -0.2) is 10.9 Å². The fourth-order valence-corrected chi connectivity index (χ4v) is 3.83. The van der Waals surface area contributed by atoms with Crippen LogP contribution in [-0.2, 0) is 0 Å². The van der Waals surface area contributed by atoms with E-state index >= 15 is 0 Å². The topological polar surface area (TPSA) is 42.0 Å². The number of anilines is 1. The Kier molecular flexibility index (Phi) is 3.87. The highest BCUT2D eigenvalue weighted by Gasteiger charge is 2.09. The molecule has 3 aromatic rings. The molecule has 0 radical (unpaired) electrons. The van der Waals surface area contributed by atoms with Crippen LogP contribution < -0.4 is 5.32 Å². The first-order valence-electron chi connectivity index (χ1n) is 5.72. The number of nitrogens with zero attached hydrogens (tertiary/aromatic N) is 1. The van der Waals surface area contributed by atoms with Gasteiger partial charge in [0.05, 0.1) is 15.7 Å². The molecule has 1 heterocycles. The average molecular weight is 412 g/mol. The number of fused-ring (bicyclic) bond motifs is 1. The Labute approximate surface area is 136 Å².